The van der Waals surface area contributed by atoms with E-state index in [1.807, 2.05) is 23.9 Å². The van der Waals surface area contributed by atoms with Gasteiger partial charge < -0.3 is 9.84 Å². The number of para-hydroxylation sites is 1. The van der Waals surface area contributed by atoms with E-state index in [1.165, 1.54) is 5.39 Å². The van der Waals surface area contributed by atoms with E-state index in [0.717, 1.165) is 36.9 Å². The summed E-state index contributed by atoms with van der Waals surface area (Å²) in [5, 5.41) is 15.2. The average Bonchev–Trinajstić information content (AvgIpc) is 2.76. The van der Waals surface area contributed by atoms with Gasteiger partial charge in [0.05, 0.1) is 30.0 Å². The Morgan fingerprint density at radius 2 is 2.00 bits per heavy atom. The third-order valence-electron chi connectivity index (χ3n) is 3.93. The summed E-state index contributed by atoms with van der Waals surface area (Å²) in [6.07, 6.45) is 3.75. The lowest BCUT2D eigenvalue weighted by molar-refractivity contribution is -0.0127. The predicted octanol–water partition coefficient (Wildman–Crippen LogP) is 2.39. The second-order valence-corrected chi connectivity index (χ2v) is 5.33. The molecule has 1 fully saturated rings. The van der Waals surface area contributed by atoms with E-state index in [2.05, 4.69) is 17.2 Å². The first kappa shape index (κ1) is 12.6. The minimum Gasteiger partial charge on any atom is -0.393 e. The van der Waals surface area contributed by atoms with Gasteiger partial charge in [0.15, 0.2) is 0 Å². The highest BCUT2D eigenvalue weighted by molar-refractivity contribution is 5.81. The lowest BCUT2D eigenvalue weighted by Gasteiger charge is -2.25. The number of fused-ring (bicyclic) bond motifs is 1. The molecule has 0 spiro atoms. The molecule has 0 bridgehead atoms. The topological polar surface area (TPSA) is 47.3 Å². The molecule has 19 heavy (non-hydrogen) atoms. The molecule has 0 atom stereocenters. The van der Waals surface area contributed by atoms with Crippen LogP contribution in [0.2, 0.25) is 0 Å². The first-order valence-electron chi connectivity index (χ1n) is 6.94. The van der Waals surface area contributed by atoms with Crippen LogP contribution in [0, 0.1) is 0 Å². The Labute approximate surface area is 113 Å². The molecule has 2 aromatic rings. The van der Waals surface area contributed by atoms with Crippen molar-refractivity contribution in [2.45, 2.75) is 44.5 Å². The van der Waals surface area contributed by atoms with Crippen molar-refractivity contribution in [3.05, 3.63) is 30.0 Å². The Hall–Kier alpha value is -1.39. The number of aliphatic hydroxyl groups excluding tert-OH is 1. The van der Waals surface area contributed by atoms with E-state index in [0.29, 0.717) is 6.61 Å². The Balaban J connectivity index is 1.69. The second kappa shape index (κ2) is 5.31. The van der Waals surface area contributed by atoms with Gasteiger partial charge in [0.2, 0.25) is 0 Å². The number of aliphatic hydroxyl groups is 1. The van der Waals surface area contributed by atoms with Crippen molar-refractivity contribution in [1.82, 2.24) is 9.78 Å². The zero-order valence-electron chi connectivity index (χ0n) is 11.2. The van der Waals surface area contributed by atoms with Crippen LogP contribution in [-0.2, 0) is 18.4 Å². The number of nitrogens with zero attached hydrogens (tertiary/aromatic N) is 2. The van der Waals surface area contributed by atoms with Crippen LogP contribution < -0.4 is 0 Å². The molecule has 1 aromatic carbocycles. The van der Waals surface area contributed by atoms with Crippen molar-refractivity contribution in [3.63, 3.8) is 0 Å². The highest BCUT2D eigenvalue weighted by Gasteiger charge is 2.20. The van der Waals surface area contributed by atoms with Crippen LogP contribution in [0.4, 0.5) is 0 Å². The maximum atomic E-state index is 9.49. The third kappa shape index (κ3) is 2.65. The van der Waals surface area contributed by atoms with Gasteiger partial charge in [0.25, 0.3) is 0 Å². The first-order chi connectivity index (χ1) is 9.24. The molecule has 102 valence electrons. The number of ether oxygens (including phenoxy) is 1. The number of hydrogen-bond donors (Lipinski definition) is 1. The van der Waals surface area contributed by atoms with Gasteiger partial charge >= 0.3 is 0 Å². The lowest BCUT2D eigenvalue weighted by atomic mass is 9.95. The van der Waals surface area contributed by atoms with Crippen LogP contribution in [0.15, 0.2) is 24.3 Å². The minimum atomic E-state index is -0.129. The highest BCUT2D eigenvalue weighted by Crippen LogP contribution is 2.23. The molecule has 1 heterocycles. The first-order valence-corrected chi connectivity index (χ1v) is 6.94. The summed E-state index contributed by atoms with van der Waals surface area (Å²) < 4.78 is 7.85. The molecular formula is C15H20N2O2. The van der Waals surface area contributed by atoms with Crippen LogP contribution in [-0.4, -0.2) is 27.1 Å². The quantitative estimate of drug-likeness (QED) is 0.921. The Kier molecular flexibility index (Phi) is 3.53. The zero-order valence-corrected chi connectivity index (χ0v) is 11.2. The maximum absolute atomic E-state index is 9.49. The molecule has 0 radical (unpaired) electrons. The van der Waals surface area contributed by atoms with Gasteiger partial charge in [-0.1, -0.05) is 18.2 Å². The standard InChI is InChI=1S/C15H20N2O2/c1-17-15-5-3-2-4-13(15)14(16-17)10-19-12-8-6-11(18)7-9-12/h2-5,11-12,18H,6-10H2,1H3. The Morgan fingerprint density at radius 1 is 1.26 bits per heavy atom. The third-order valence-corrected chi connectivity index (χ3v) is 3.93. The van der Waals surface area contributed by atoms with E-state index < -0.39 is 0 Å². The number of aromatic nitrogens is 2. The molecule has 1 aliphatic carbocycles. The van der Waals surface area contributed by atoms with E-state index in [4.69, 9.17) is 4.74 Å². The molecule has 0 amide bonds. The molecule has 1 saturated carbocycles. The molecule has 4 nitrogen and oxygen atoms in total. The van der Waals surface area contributed by atoms with Gasteiger partial charge in [0.1, 0.15) is 0 Å². The number of hydrogen-bond acceptors (Lipinski definition) is 3. The maximum Gasteiger partial charge on any atom is 0.0960 e. The fourth-order valence-electron chi connectivity index (χ4n) is 2.80. The molecule has 1 aliphatic rings. The molecule has 4 heteroatoms. The average molecular weight is 260 g/mol. The summed E-state index contributed by atoms with van der Waals surface area (Å²) in [4.78, 5) is 0. The van der Waals surface area contributed by atoms with Crippen molar-refractivity contribution in [2.24, 2.45) is 7.05 Å². The van der Waals surface area contributed by atoms with Crippen molar-refractivity contribution < 1.29 is 9.84 Å². The van der Waals surface area contributed by atoms with Crippen LogP contribution in [0.25, 0.3) is 10.9 Å². The fourth-order valence-corrected chi connectivity index (χ4v) is 2.80. The zero-order chi connectivity index (χ0) is 13.2. The summed E-state index contributed by atoms with van der Waals surface area (Å²) in [6.45, 7) is 0.558. The largest absolute Gasteiger partial charge is 0.393 e. The smallest absolute Gasteiger partial charge is 0.0960 e. The SMILES string of the molecule is Cn1nc(COC2CCC(O)CC2)c2ccccc21. The van der Waals surface area contributed by atoms with Gasteiger partial charge in [-0.3, -0.25) is 4.68 Å². The number of aryl methyl sites for hydroxylation is 1. The summed E-state index contributed by atoms with van der Waals surface area (Å²) in [7, 11) is 1.96. The Bertz CT molecular complexity index is 556. The molecular weight excluding hydrogens is 240 g/mol. The van der Waals surface area contributed by atoms with E-state index in [1.54, 1.807) is 0 Å². The van der Waals surface area contributed by atoms with Crippen LogP contribution in [0.1, 0.15) is 31.4 Å². The van der Waals surface area contributed by atoms with Crippen molar-refractivity contribution in [1.29, 1.82) is 0 Å². The highest BCUT2D eigenvalue weighted by atomic mass is 16.5. The molecule has 0 saturated heterocycles. The van der Waals surface area contributed by atoms with Crippen LogP contribution in [0.3, 0.4) is 0 Å². The summed E-state index contributed by atoms with van der Waals surface area (Å²) in [6, 6.07) is 8.22. The summed E-state index contributed by atoms with van der Waals surface area (Å²) >= 11 is 0. The van der Waals surface area contributed by atoms with Gasteiger partial charge in [-0.15, -0.1) is 0 Å². The number of rotatable bonds is 3. The molecule has 0 aliphatic heterocycles. The monoisotopic (exact) mass is 260 g/mol. The summed E-state index contributed by atoms with van der Waals surface area (Å²) in [5.74, 6) is 0. The van der Waals surface area contributed by atoms with Crippen molar-refractivity contribution in [3.8, 4) is 0 Å². The fraction of sp³-hybridized carbons (Fsp3) is 0.533. The van der Waals surface area contributed by atoms with Crippen molar-refractivity contribution in [2.75, 3.05) is 0 Å². The Morgan fingerprint density at radius 3 is 2.79 bits per heavy atom. The lowest BCUT2D eigenvalue weighted by Crippen LogP contribution is -2.24. The van der Waals surface area contributed by atoms with Crippen LogP contribution in [0.5, 0.6) is 0 Å². The van der Waals surface area contributed by atoms with Crippen molar-refractivity contribution >= 4 is 10.9 Å². The molecule has 3 rings (SSSR count). The van der Waals surface area contributed by atoms with Crippen LogP contribution >= 0.6 is 0 Å². The normalized spacial score (nSPS) is 23.9. The van der Waals surface area contributed by atoms with Gasteiger partial charge in [-0.25, -0.2) is 0 Å². The van der Waals surface area contributed by atoms with E-state index >= 15 is 0 Å². The van der Waals surface area contributed by atoms with Gasteiger partial charge in [-0.05, 0) is 31.7 Å². The molecule has 1 N–H and O–H groups in total. The van der Waals surface area contributed by atoms with E-state index in [9.17, 15) is 5.11 Å². The van der Waals surface area contributed by atoms with E-state index in [-0.39, 0.29) is 12.2 Å². The van der Waals surface area contributed by atoms with Gasteiger partial charge in [-0.2, -0.15) is 5.10 Å². The second-order valence-electron chi connectivity index (χ2n) is 5.33. The minimum absolute atomic E-state index is 0.129. The number of benzene rings is 1. The van der Waals surface area contributed by atoms with Gasteiger partial charge in [0, 0.05) is 12.4 Å². The summed E-state index contributed by atoms with van der Waals surface area (Å²) in [5.41, 5.74) is 2.14. The molecule has 1 aromatic heterocycles. The predicted molar refractivity (Wildman–Crippen MR) is 73.8 cm³/mol. The molecule has 0 unspecified atom stereocenters.